The van der Waals surface area contributed by atoms with Gasteiger partial charge in [-0.05, 0) is 349 Å². The molecule has 0 spiro atoms. The van der Waals surface area contributed by atoms with Crippen LogP contribution in [0, 0.1) is 107 Å². The Morgan fingerprint density at radius 2 is 0.513 bits per heavy atom. The summed E-state index contributed by atoms with van der Waals surface area (Å²) in [6, 6.07) is 18.7. The molecule has 424 valence electrons. The topological polar surface area (TPSA) is 0 Å². The molecule has 0 radical (unpaired) electrons. The lowest BCUT2D eigenvalue weighted by atomic mass is 9.76. The first kappa shape index (κ1) is 62.7. The van der Waals surface area contributed by atoms with Crippen LogP contribution in [-0.4, -0.2) is 0 Å². The van der Waals surface area contributed by atoms with Crippen molar-refractivity contribution in [3.05, 3.63) is 186 Å². The average Bonchev–Trinajstić information content (AvgIpc) is 3.43. The summed E-state index contributed by atoms with van der Waals surface area (Å²) < 4.78 is 0. The van der Waals surface area contributed by atoms with E-state index in [0.29, 0.717) is 0 Å². The van der Waals surface area contributed by atoms with Crippen molar-refractivity contribution in [1.82, 2.24) is 0 Å². The molecule has 0 nitrogen and oxygen atoms in total. The standard InChI is InChI=1S/2C20H30.2C18H26.4H2/c2*1-5-6-7-8-18-10-12-19(13-11-18)20-14-9-15(2)16(3)17(20)4;2*1-5-6-16-8-10-17(11-9-16)18-12-7-13(2)14(3)15(18)4;;;;/h2*7-9,14,18-19H,5-6,10-13H2,1-4H3;2*5-7,12,16-17H,8-11H2,1-4H3;4*1H/b2*8-7+;2*6-5+;;;;. The first-order valence-corrected chi connectivity index (χ1v) is 31.4. The second-order valence-corrected chi connectivity index (χ2v) is 24.8. The van der Waals surface area contributed by atoms with E-state index in [1.165, 1.54) is 195 Å². The van der Waals surface area contributed by atoms with Crippen molar-refractivity contribution in [3.8, 4) is 0 Å². The summed E-state index contributed by atoms with van der Waals surface area (Å²) in [5.74, 6) is 6.53. The summed E-state index contributed by atoms with van der Waals surface area (Å²) in [4.78, 5) is 0. The highest BCUT2D eigenvalue weighted by Gasteiger charge is 2.26. The lowest BCUT2D eigenvalue weighted by molar-refractivity contribution is 0.374. The maximum absolute atomic E-state index is 2.48. The first-order valence-electron chi connectivity index (χ1n) is 31.4. The maximum atomic E-state index is 2.48. The van der Waals surface area contributed by atoms with Gasteiger partial charge in [-0.15, -0.1) is 0 Å². The molecule has 0 atom stereocenters. The number of rotatable bonds is 12. The minimum Gasteiger partial charge on any atom is -0.0914 e. The lowest BCUT2D eigenvalue weighted by Crippen LogP contribution is -2.13. The van der Waals surface area contributed by atoms with Gasteiger partial charge in [0.15, 0.2) is 0 Å². The van der Waals surface area contributed by atoms with Gasteiger partial charge in [0.1, 0.15) is 0 Å². The monoisotopic (exact) mass is 1030 g/mol. The molecule has 0 heteroatoms. The molecule has 4 saturated carbocycles. The third kappa shape index (κ3) is 17.9. The third-order valence-electron chi connectivity index (χ3n) is 19.9. The molecule has 0 aromatic heterocycles. The van der Waals surface area contributed by atoms with Crippen molar-refractivity contribution < 1.29 is 5.71 Å². The molecule has 4 aliphatic carbocycles. The predicted molar refractivity (Wildman–Crippen MR) is 348 cm³/mol. The van der Waals surface area contributed by atoms with Crippen LogP contribution in [0.5, 0.6) is 0 Å². The highest BCUT2D eigenvalue weighted by Crippen LogP contribution is 2.42. The number of aryl methyl sites for hydroxylation is 4. The minimum absolute atomic E-state index is 0. The van der Waals surface area contributed by atoms with E-state index in [1.807, 2.05) is 0 Å². The van der Waals surface area contributed by atoms with Gasteiger partial charge in [-0.25, -0.2) is 0 Å². The van der Waals surface area contributed by atoms with Gasteiger partial charge in [-0.2, -0.15) is 0 Å². The zero-order chi connectivity index (χ0) is 55.3. The van der Waals surface area contributed by atoms with E-state index >= 15 is 0 Å². The van der Waals surface area contributed by atoms with Gasteiger partial charge in [0, 0.05) is 5.71 Å². The Labute approximate surface area is 476 Å². The van der Waals surface area contributed by atoms with Crippen LogP contribution < -0.4 is 0 Å². The highest BCUT2D eigenvalue weighted by atomic mass is 14.3. The van der Waals surface area contributed by atoms with Crippen LogP contribution in [0.3, 0.4) is 0 Å². The number of hydrogen-bond donors (Lipinski definition) is 0. The predicted octanol–water partition coefficient (Wildman–Crippen LogP) is 24.4. The highest BCUT2D eigenvalue weighted by molar-refractivity contribution is 5.44. The van der Waals surface area contributed by atoms with Gasteiger partial charge < -0.3 is 0 Å². The quantitative estimate of drug-likeness (QED) is 0.124. The maximum Gasteiger partial charge on any atom is 0 e. The second-order valence-electron chi connectivity index (χ2n) is 24.8. The number of hydrogen-bond acceptors (Lipinski definition) is 0. The zero-order valence-corrected chi connectivity index (χ0v) is 52.0. The van der Waals surface area contributed by atoms with Gasteiger partial charge in [-0.3, -0.25) is 0 Å². The third-order valence-corrected chi connectivity index (χ3v) is 19.9. The summed E-state index contributed by atoms with van der Waals surface area (Å²) >= 11 is 0. The first-order chi connectivity index (χ1) is 36.5. The van der Waals surface area contributed by atoms with Gasteiger partial charge in [0.2, 0.25) is 0 Å². The van der Waals surface area contributed by atoms with Gasteiger partial charge >= 0.3 is 0 Å². The molecule has 8 rings (SSSR count). The van der Waals surface area contributed by atoms with E-state index in [0.717, 1.165) is 47.3 Å². The Morgan fingerprint density at radius 3 is 0.711 bits per heavy atom. The number of unbranched alkanes of at least 4 members (excludes halogenated alkanes) is 2. The summed E-state index contributed by atoms with van der Waals surface area (Å²) in [5.41, 5.74) is 24.3. The summed E-state index contributed by atoms with van der Waals surface area (Å²) in [6.07, 6.45) is 45.8. The second kappa shape index (κ2) is 32.0. The van der Waals surface area contributed by atoms with E-state index in [2.05, 4.69) is 208 Å². The van der Waals surface area contributed by atoms with E-state index < -0.39 is 0 Å². The van der Waals surface area contributed by atoms with Crippen LogP contribution in [0.1, 0.15) is 275 Å². The van der Waals surface area contributed by atoms with Crippen LogP contribution in [0.2, 0.25) is 0 Å². The van der Waals surface area contributed by atoms with E-state index in [-0.39, 0.29) is 5.71 Å². The Balaban J connectivity index is 0.000000525. The van der Waals surface area contributed by atoms with E-state index in [4.69, 9.17) is 0 Å². The molecule has 0 aliphatic heterocycles. The fraction of sp³-hybridized carbons (Fsp3) is 0.579. The van der Waals surface area contributed by atoms with Crippen LogP contribution in [0.25, 0.3) is 0 Å². The fourth-order valence-electron chi connectivity index (χ4n) is 13.6. The average molecular weight is 1030 g/mol. The van der Waals surface area contributed by atoms with Crippen molar-refractivity contribution in [3.63, 3.8) is 0 Å². The molecule has 0 amide bonds. The number of allylic oxidation sites excluding steroid dienone is 8. The SMILES string of the molecule is C/C=C/C1CCC(c2ccc(C)c(C)c2C)CC1.C/C=C/C1CCC(c2ccc(C)c(C)c2C)CC1.CCC/C=C/C1CCC(c2ccc(C)c(C)c2C)CC1.CCC/C=C/C1CCC(c2ccc(C)c(C)c2C)CC1.[HH].[HH].[HH].[HH]. The molecule has 4 aromatic rings. The molecular weight excluding hydrogens is 913 g/mol. The zero-order valence-electron chi connectivity index (χ0n) is 52.0. The normalized spacial score (nSPS) is 24.0. The molecule has 0 N–H and O–H groups in total. The molecule has 4 fully saturated rings. The molecule has 0 heterocycles. The molecule has 4 aromatic carbocycles. The number of benzene rings is 4. The molecule has 0 bridgehead atoms. The van der Waals surface area contributed by atoms with Crippen molar-refractivity contribution >= 4 is 0 Å². The van der Waals surface area contributed by atoms with Crippen LogP contribution in [-0.2, 0) is 0 Å². The van der Waals surface area contributed by atoms with E-state index in [1.54, 1.807) is 22.3 Å². The lowest BCUT2D eigenvalue weighted by Gasteiger charge is -2.29. The van der Waals surface area contributed by atoms with Crippen LogP contribution in [0.4, 0.5) is 0 Å². The van der Waals surface area contributed by atoms with Crippen LogP contribution in [0.15, 0.2) is 97.1 Å². The minimum atomic E-state index is 0. The van der Waals surface area contributed by atoms with Gasteiger partial charge in [0.25, 0.3) is 0 Å². The van der Waals surface area contributed by atoms with Crippen LogP contribution >= 0.6 is 0 Å². The Morgan fingerprint density at radius 1 is 0.303 bits per heavy atom. The van der Waals surface area contributed by atoms with Crippen molar-refractivity contribution in [2.24, 2.45) is 23.7 Å². The molecule has 0 saturated heterocycles. The summed E-state index contributed by atoms with van der Waals surface area (Å²) in [7, 11) is 0. The van der Waals surface area contributed by atoms with Gasteiger partial charge in [-0.1, -0.05) is 124 Å². The molecule has 4 aliphatic rings. The van der Waals surface area contributed by atoms with Crippen molar-refractivity contribution in [2.45, 2.75) is 263 Å². The smallest absolute Gasteiger partial charge is 0 e. The molecule has 76 heavy (non-hydrogen) atoms. The van der Waals surface area contributed by atoms with E-state index in [9.17, 15) is 0 Å². The van der Waals surface area contributed by atoms with Crippen molar-refractivity contribution in [1.29, 1.82) is 0 Å². The Bertz CT molecular complexity index is 2330. The Hall–Kier alpha value is -4.16. The Kier molecular flexibility index (Phi) is 26.4. The largest absolute Gasteiger partial charge is 0.0914 e. The van der Waals surface area contributed by atoms with Crippen molar-refractivity contribution in [2.75, 3.05) is 0 Å². The molecular formula is C76H120. The molecule has 0 unspecified atom stereocenters. The summed E-state index contributed by atoms with van der Waals surface area (Å²) in [5, 5.41) is 0. The van der Waals surface area contributed by atoms with Gasteiger partial charge in [0.05, 0.1) is 0 Å². The fourth-order valence-corrected chi connectivity index (χ4v) is 13.6. The summed E-state index contributed by atoms with van der Waals surface area (Å²) in [6.45, 7) is 36.0.